The lowest BCUT2D eigenvalue weighted by Gasteiger charge is -2.30. The molecule has 0 heterocycles. The molecule has 0 saturated heterocycles. The van der Waals surface area contributed by atoms with Crippen LogP contribution in [0.5, 0.6) is 0 Å². The molecule has 1 nitrogen and oxygen atoms in total. The summed E-state index contributed by atoms with van der Waals surface area (Å²) < 4.78 is 43.0. The van der Waals surface area contributed by atoms with Crippen LogP contribution in [0.4, 0.5) is 13.2 Å². The van der Waals surface area contributed by atoms with E-state index >= 15 is 4.39 Å². The Hall–Kier alpha value is -1.32. The van der Waals surface area contributed by atoms with Crippen molar-refractivity contribution in [2.75, 3.05) is 0 Å². The van der Waals surface area contributed by atoms with Crippen LogP contribution in [-0.2, 0) is 0 Å². The third-order valence-electron chi connectivity index (χ3n) is 7.85. The number of halogens is 3. The molecule has 0 atom stereocenters. The second-order valence-electron chi connectivity index (χ2n) is 10.0. The van der Waals surface area contributed by atoms with Crippen LogP contribution in [0, 0.1) is 23.6 Å². The predicted molar refractivity (Wildman–Crippen MR) is 120 cm³/mol. The fourth-order valence-electron chi connectivity index (χ4n) is 6.06. The van der Waals surface area contributed by atoms with Gasteiger partial charge in [0.05, 0.1) is 5.56 Å². The maximum absolute atomic E-state index is 15.3. The molecule has 174 valence electrons. The molecule has 1 aromatic rings. The Morgan fingerprint density at radius 1 is 0.871 bits per heavy atom. The number of hydrogen-bond donors (Lipinski definition) is 0. The monoisotopic (exact) mass is 436 g/mol. The van der Waals surface area contributed by atoms with Gasteiger partial charge in [-0.3, -0.25) is 4.79 Å². The number of ketones is 1. The van der Waals surface area contributed by atoms with Crippen LogP contribution in [0.1, 0.15) is 131 Å². The Morgan fingerprint density at radius 2 is 1.39 bits per heavy atom. The molecule has 0 N–H and O–H groups in total. The second-order valence-corrected chi connectivity index (χ2v) is 10.0. The van der Waals surface area contributed by atoms with E-state index in [9.17, 15) is 13.6 Å². The topological polar surface area (TPSA) is 17.1 Å². The van der Waals surface area contributed by atoms with Gasteiger partial charge in [0.2, 0.25) is 0 Å². The minimum atomic E-state index is -2.96. The molecule has 1 aromatic carbocycles. The van der Waals surface area contributed by atoms with Crippen molar-refractivity contribution < 1.29 is 18.0 Å². The zero-order valence-electron chi connectivity index (χ0n) is 19.3. The highest BCUT2D eigenvalue weighted by Gasteiger charge is 2.31. The van der Waals surface area contributed by atoms with Crippen molar-refractivity contribution in [2.45, 2.75) is 110 Å². The van der Waals surface area contributed by atoms with Gasteiger partial charge in [0.1, 0.15) is 5.82 Å². The summed E-state index contributed by atoms with van der Waals surface area (Å²) in [5.41, 5.74) is -0.355. The highest BCUT2D eigenvalue weighted by atomic mass is 19.3. The molecular weight excluding hydrogens is 397 g/mol. The number of rotatable bonds is 9. The minimum absolute atomic E-state index is 0.0106. The normalized spacial score (nSPS) is 26.9. The quantitative estimate of drug-likeness (QED) is 0.353. The lowest BCUT2D eigenvalue weighted by Crippen LogP contribution is -2.19. The van der Waals surface area contributed by atoms with Crippen LogP contribution < -0.4 is 0 Å². The standard InChI is InChI=1S/C27H39F3O/c1-3-5-18-7-9-20(10-8-18)17-24(31)23-16-15-22(26(28)25(23)27(29)30)21-13-11-19(6-4-2)12-14-21/h15-16,18-21,27H,3-14,17H2,1-2H3. The summed E-state index contributed by atoms with van der Waals surface area (Å²) in [6, 6.07) is 3.11. The molecule has 0 radical (unpaired) electrons. The Labute approximate surface area is 186 Å². The summed E-state index contributed by atoms with van der Waals surface area (Å²) in [6.07, 6.45) is 9.97. The number of carbonyl (C=O) groups excluding carboxylic acids is 1. The van der Waals surface area contributed by atoms with E-state index in [0.29, 0.717) is 11.5 Å². The average Bonchev–Trinajstić information content (AvgIpc) is 2.75. The fourth-order valence-corrected chi connectivity index (χ4v) is 6.06. The second kappa shape index (κ2) is 11.5. The van der Waals surface area contributed by atoms with Crippen LogP contribution >= 0.6 is 0 Å². The molecule has 3 rings (SSSR count). The molecule has 0 spiro atoms. The Morgan fingerprint density at radius 3 is 1.90 bits per heavy atom. The molecule has 31 heavy (non-hydrogen) atoms. The summed E-state index contributed by atoms with van der Waals surface area (Å²) in [4.78, 5) is 12.9. The van der Waals surface area contributed by atoms with E-state index in [2.05, 4.69) is 13.8 Å². The van der Waals surface area contributed by atoms with Gasteiger partial charge in [-0.1, -0.05) is 64.5 Å². The summed E-state index contributed by atoms with van der Waals surface area (Å²) >= 11 is 0. The smallest absolute Gasteiger partial charge is 0.267 e. The van der Waals surface area contributed by atoms with Gasteiger partial charge in [-0.15, -0.1) is 0 Å². The van der Waals surface area contributed by atoms with E-state index in [4.69, 9.17) is 0 Å². The number of Topliss-reactive ketones (excluding diaryl/α,β-unsaturated/α-hetero) is 1. The fraction of sp³-hybridized carbons (Fsp3) is 0.741. The van der Waals surface area contributed by atoms with Gasteiger partial charge < -0.3 is 0 Å². The van der Waals surface area contributed by atoms with E-state index in [1.165, 1.54) is 25.3 Å². The van der Waals surface area contributed by atoms with Crippen molar-refractivity contribution in [3.63, 3.8) is 0 Å². The molecule has 2 saturated carbocycles. The number of hydrogen-bond acceptors (Lipinski definition) is 1. The van der Waals surface area contributed by atoms with Crippen LogP contribution in [0.3, 0.4) is 0 Å². The lowest BCUT2D eigenvalue weighted by molar-refractivity contribution is 0.0925. The zero-order valence-corrected chi connectivity index (χ0v) is 19.3. The van der Waals surface area contributed by atoms with Gasteiger partial charge in [-0.05, 0) is 67.8 Å². The number of alkyl halides is 2. The molecule has 4 heteroatoms. The number of carbonyl (C=O) groups is 1. The van der Waals surface area contributed by atoms with Crippen molar-refractivity contribution in [3.8, 4) is 0 Å². The summed E-state index contributed by atoms with van der Waals surface area (Å²) in [5, 5.41) is 0. The maximum Gasteiger partial charge on any atom is 0.267 e. The van der Waals surface area contributed by atoms with E-state index in [0.717, 1.165) is 63.7 Å². The van der Waals surface area contributed by atoms with Crippen LogP contribution in [-0.4, -0.2) is 5.78 Å². The van der Waals surface area contributed by atoms with Gasteiger partial charge in [-0.25, -0.2) is 13.2 Å². The van der Waals surface area contributed by atoms with E-state index in [1.54, 1.807) is 6.07 Å². The first kappa shape index (κ1) is 24.3. The molecule has 0 unspecified atom stereocenters. The maximum atomic E-state index is 15.3. The molecular formula is C27H39F3O. The molecule has 2 aliphatic carbocycles. The lowest BCUT2D eigenvalue weighted by atomic mass is 9.76. The first-order valence-corrected chi connectivity index (χ1v) is 12.6. The average molecular weight is 437 g/mol. The van der Waals surface area contributed by atoms with Crippen molar-refractivity contribution >= 4 is 5.78 Å². The van der Waals surface area contributed by atoms with Gasteiger partial charge in [0, 0.05) is 12.0 Å². The van der Waals surface area contributed by atoms with Gasteiger partial charge in [-0.2, -0.15) is 0 Å². The van der Waals surface area contributed by atoms with Gasteiger partial charge in [0.25, 0.3) is 6.43 Å². The van der Waals surface area contributed by atoms with Gasteiger partial charge in [0.15, 0.2) is 5.78 Å². The highest BCUT2D eigenvalue weighted by molar-refractivity contribution is 5.97. The van der Waals surface area contributed by atoms with E-state index < -0.39 is 17.8 Å². The predicted octanol–water partition coefficient (Wildman–Crippen LogP) is 9.02. The van der Waals surface area contributed by atoms with Crippen molar-refractivity contribution in [3.05, 3.63) is 34.6 Å². The summed E-state index contributed by atoms with van der Waals surface area (Å²) in [7, 11) is 0. The van der Waals surface area contributed by atoms with Crippen LogP contribution in [0.2, 0.25) is 0 Å². The third kappa shape index (κ3) is 6.14. The minimum Gasteiger partial charge on any atom is -0.294 e. The Kier molecular flexibility index (Phi) is 9.04. The molecule has 0 amide bonds. The van der Waals surface area contributed by atoms with Gasteiger partial charge >= 0.3 is 0 Å². The largest absolute Gasteiger partial charge is 0.294 e. The van der Waals surface area contributed by atoms with Crippen LogP contribution in [0.25, 0.3) is 0 Å². The highest BCUT2D eigenvalue weighted by Crippen LogP contribution is 2.41. The Balaban J connectivity index is 1.70. The first-order chi connectivity index (χ1) is 14.9. The van der Waals surface area contributed by atoms with Crippen molar-refractivity contribution in [1.82, 2.24) is 0 Å². The molecule has 0 bridgehead atoms. The van der Waals surface area contributed by atoms with Crippen LogP contribution in [0.15, 0.2) is 12.1 Å². The molecule has 2 fully saturated rings. The van der Waals surface area contributed by atoms with Crippen molar-refractivity contribution in [1.29, 1.82) is 0 Å². The van der Waals surface area contributed by atoms with E-state index in [1.807, 2.05) is 0 Å². The van der Waals surface area contributed by atoms with E-state index in [-0.39, 0.29) is 29.6 Å². The summed E-state index contributed by atoms with van der Waals surface area (Å²) in [5.74, 6) is 0.494. The molecule has 0 aromatic heterocycles. The number of benzene rings is 1. The SMILES string of the molecule is CCCC1CCC(CC(=O)c2ccc(C3CCC(CCC)CC3)c(F)c2C(F)F)CC1. The first-order valence-electron chi connectivity index (χ1n) is 12.6. The third-order valence-corrected chi connectivity index (χ3v) is 7.85. The Bertz CT molecular complexity index is 713. The summed E-state index contributed by atoms with van der Waals surface area (Å²) in [6.45, 7) is 4.36. The molecule has 2 aliphatic rings. The molecule has 0 aliphatic heterocycles. The zero-order chi connectivity index (χ0) is 22.4. The van der Waals surface area contributed by atoms with Crippen molar-refractivity contribution in [2.24, 2.45) is 17.8 Å².